The Morgan fingerprint density at radius 2 is 2.12 bits per heavy atom. The summed E-state index contributed by atoms with van der Waals surface area (Å²) in [4.78, 5) is 2.67. The standard InChI is InChI=1S/C5H12ClNS/c1-5(2,7-6)3-4-8/h7-8H,3-4H2,1-2H3. The first-order valence-corrected chi connectivity index (χ1v) is 3.62. The normalized spacial score (nSPS) is 12.0. The van der Waals surface area contributed by atoms with E-state index in [0.29, 0.717) is 0 Å². The van der Waals surface area contributed by atoms with Crippen LogP contribution in [0.15, 0.2) is 0 Å². The lowest BCUT2D eigenvalue weighted by Crippen LogP contribution is -2.32. The van der Waals surface area contributed by atoms with Crippen molar-refractivity contribution in [2.75, 3.05) is 5.75 Å². The zero-order valence-electron chi connectivity index (χ0n) is 5.24. The van der Waals surface area contributed by atoms with Gasteiger partial charge in [0.1, 0.15) is 0 Å². The average molecular weight is 154 g/mol. The first-order valence-electron chi connectivity index (χ1n) is 2.61. The highest BCUT2D eigenvalue weighted by atomic mass is 35.5. The molecule has 0 aliphatic rings. The molecule has 3 heteroatoms. The van der Waals surface area contributed by atoms with E-state index in [9.17, 15) is 0 Å². The molecule has 0 saturated carbocycles. The number of nitrogens with one attached hydrogen (secondary N) is 1. The van der Waals surface area contributed by atoms with Crippen LogP contribution in [0.3, 0.4) is 0 Å². The molecular formula is C5H12ClNS. The van der Waals surface area contributed by atoms with Gasteiger partial charge in [0.05, 0.1) is 0 Å². The van der Waals surface area contributed by atoms with Crippen molar-refractivity contribution >= 4 is 24.4 Å². The Balaban J connectivity index is 3.37. The molecule has 0 spiro atoms. The zero-order valence-corrected chi connectivity index (χ0v) is 6.89. The molecule has 0 rings (SSSR count). The summed E-state index contributed by atoms with van der Waals surface area (Å²) in [5, 5.41) is 0. The molecule has 50 valence electrons. The summed E-state index contributed by atoms with van der Waals surface area (Å²) in [6, 6.07) is 0. The van der Waals surface area contributed by atoms with Gasteiger partial charge in [-0.15, -0.1) is 0 Å². The number of thiol groups is 1. The second-order valence-electron chi connectivity index (χ2n) is 2.45. The van der Waals surface area contributed by atoms with Gasteiger partial charge >= 0.3 is 0 Å². The van der Waals surface area contributed by atoms with Crippen LogP contribution in [0.1, 0.15) is 20.3 Å². The summed E-state index contributed by atoms with van der Waals surface area (Å²) >= 11 is 9.46. The molecule has 0 heterocycles. The van der Waals surface area contributed by atoms with Crippen molar-refractivity contribution in [1.29, 1.82) is 0 Å². The molecule has 0 aliphatic carbocycles. The van der Waals surface area contributed by atoms with Gasteiger partial charge in [-0.05, 0) is 37.8 Å². The minimum absolute atomic E-state index is 0.0311. The van der Waals surface area contributed by atoms with E-state index in [0.717, 1.165) is 12.2 Å². The van der Waals surface area contributed by atoms with Crippen molar-refractivity contribution in [3.63, 3.8) is 0 Å². The summed E-state index contributed by atoms with van der Waals surface area (Å²) in [5.74, 6) is 0.868. The van der Waals surface area contributed by atoms with Crippen molar-refractivity contribution in [2.45, 2.75) is 25.8 Å². The van der Waals surface area contributed by atoms with Gasteiger partial charge in [-0.1, -0.05) is 0 Å². The molecule has 0 fully saturated rings. The van der Waals surface area contributed by atoms with Crippen LogP contribution in [0.25, 0.3) is 0 Å². The predicted octanol–water partition coefficient (Wildman–Crippen LogP) is 1.83. The highest BCUT2D eigenvalue weighted by molar-refractivity contribution is 7.80. The Kier molecular flexibility index (Phi) is 3.86. The molecule has 0 radical (unpaired) electrons. The lowest BCUT2D eigenvalue weighted by molar-refractivity contribution is 0.463. The molecule has 0 amide bonds. The van der Waals surface area contributed by atoms with Crippen LogP contribution in [0.4, 0.5) is 0 Å². The third kappa shape index (κ3) is 3.58. The molecule has 0 aliphatic heterocycles. The maximum atomic E-state index is 5.39. The van der Waals surface area contributed by atoms with E-state index in [-0.39, 0.29) is 5.54 Å². The molecular weight excluding hydrogens is 142 g/mol. The summed E-state index contributed by atoms with van der Waals surface area (Å²) in [6.07, 6.45) is 0.986. The molecule has 0 aromatic heterocycles. The van der Waals surface area contributed by atoms with E-state index < -0.39 is 0 Å². The maximum absolute atomic E-state index is 5.39. The number of halogens is 1. The molecule has 0 aromatic rings. The number of hydrogen-bond acceptors (Lipinski definition) is 2. The minimum atomic E-state index is 0.0311. The van der Waals surface area contributed by atoms with Crippen molar-refractivity contribution in [2.24, 2.45) is 0 Å². The second kappa shape index (κ2) is 3.59. The SMILES string of the molecule is CC(C)(CCS)NCl. The van der Waals surface area contributed by atoms with Gasteiger partial charge in [0.2, 0.25) is 0 Å². The van der Waals surface area contributed by atoms with E-state index in [1.54, 1.807) is 0 Å². The van der Waals surface area contributed by atoms with Gasteiger partial charge in [-0.3, -0.25) is 0 Å². The van der Waals surface area contributed by atoms with Crippen LogP contribution in [0.2, 0.25) is 0 Å². The summed E-state index contributed by atoms with van der Waals surface area (Å²) in [5.41, 5.74) is 0.0311. The van der Waals surface area contributed by atoms with Crippen LogP contribution in [-0.2, 0) is 0 Å². The van der Waals surface area contributed by atoms with E-state index in [2.05, 4.69) is 17.5 Å². The molecule has 0 atom stereocenters. The molecule has 1 N–H and O–H groups in total. The molecule has 8 heavy (non-hydrogen) atoms. The Morgan fingerprint density at radius 1 is 1.62 bits per heavy atom. The third-order valence-corrected chi connectivity index (χ3v) is 1.73. The summed E-state index contributed by atoms with van der Waals surface area (Å²) in [6.45, 7) is 4.08. The van der Waals surface area contributed by atoms with E-state index in [1.165, 1.54) is 0 Å². The maximum Gasteiger partial charge on any atom is 0.0283 e. The van der Waals surface area contributed by atoms with E-state index >= 15 is 0 Å². The predicted molar refractivity (Wildman–Crippen MR) is 41.5 cm³/mol. The lowest BCUT2D eigenvalue weighted by atomic mass is 10.0. The van der Waals surface area contributed by atoms with Gasteiger partial charge < -0.3 is 0 Å². The molecule has 0 saturated heterocycles. The minimum Gasteiger partial charge on any atom is -0.228 e. The van der Waals surface area contributed by atoms with Crippen molar-refractivity contribution in [3.05, 3.63) is 0 Å². The fourth-order valence-electron chi connectivity index (χ4n) is 0.327. The van der Waals surface area contributed by atoms with Crippen LogP contribution in [0.5, 0.6) is 0 Å². The Bertz CT molecular complexity index is 65.4. The summed E-state index contributed by atoms with van der Waals surface area (Å²) < 4.78 is 0. The first kappa shape index (κ1) is 8.60. The van der Waals surface area contributed by atoms with Crippen molar-refractivity contribution in [3.8, 4) is 0 Å². The Hall–Kier alpha value is 0.600. The molecule has 0 unspecified atom stereocenters. The first-order chi connectivity index (χ1) is 3.62. The monoisotopic (exact) mass is 153 g/mol. The van der Waals surface area contributed by atoms with Crippen LogP contribution >= 0.6 is 24.4 Å². The quantitative estimate of drug-likeness (QED) is 0.466. The van der Waals surface area contributed by atoms with Crippen LogP contribution in [-0.4, -0.2) is 11.3 Å². The molecule has 0 bridgehead atoms. The summed E-state index contributed by atoms with van der Waals surface area (Å²) in [7, 11) is 0. The topological polar surface area (TPSA) is 12.0 Å². The second-order valence-corrected chi connectivity index (χ2v) is 3.09. The Morgan fingerprint density at radius 3 is 2.25 bits per heavy atom. The average Bonchev–Trinajstić information content (AvgIpc) is 1.67. The smallest absolute Gasteiger partial charge is 0.0283 e. The van der Waals surface area contributed by atoms with E-state index in [4.69, 9.17) is 11.8 Å². The third-order valence-electron chi connectivity index (χ3n) is 0.993. The molecule has 1 nitrogen and oxygen atoms in total. The fraction of sp³-hybridized carbons (Fsp3) is 1.00. The van der Waals surface area contributed by atoms with Crippen molar-refractivity contribution in [1.82, 2.24) is 4.84 Å². The fourth-order valence-corrected chi connectivity index (χ4v) is 0.980. The Labute approximate surface area is 61.3 Å². The van der Waals surface area contributed by atoms with Gasteiger partial charge in [0.15, 0.2) is 0 Å². The van der Waals surface area contributed by atoms with Crippen LogP contribution in [0, 0.1) is 0 Å². The lowest BCUT2D eigenvalue weighted by Gasteiger charge is -2.20. The highest BCUT2D eigenvalue weighted by Crippen LogP contribution is 2.08. The van der Waals surface area contributed by atoms with Crippen LogP contribution < -0.4 is 4.84 Å². The van der Waals surface area contributed by atoms with E-state index in [1.807, 2.05) is 13.8 Å². The van der Waals surface area contributed by atoms with Crippen molar-refractivity contribution < 1.29 is 0 Å². The van der Waals surface area contributed by atoms with Gasteiger partial charge in [-0.25, -0.2) is 4.84 Å². The largest absolute Gasteiger partial charge is 0.228 e. The zero-order chi connectivity index (χ0) is 6.62. The van der Waals surface area contributed by atoms with Gasteiger partial charge in [0.25, 0.3) is 0 Å². The number of hydrogen-bond donors (Lipinski definition) is 2. The molecule has 0 aromatic carbocycles. The van der Waals surface area contributed by atoms with Gasteiger partial charge in [0, 0.05) is 5.54 Å². The highest BCUT2D eigenvalue weighted by Gasteiger charge is 2.13. The number of rotatable bonds is 3. The van der Waals surface area contributed by atoms with Gasteiger partial charge in [-0.2, -0.15) is 12.6 Å².